The fourth-order valence-electron chi connectivity index (χ4n) is 2.55. The van der Waals surface area contributed by atoms with Crippen LogP contribution in [0.5, 0.6) is 11.5 Å². The van der Waals surface area contributed by atoms with Gasteiger partial charge in [-0.1, -0.05) is 13.8 Å². The Morgan fingerprint density at radius 3 is 2.70 bits per heavy atom. The summed E-state index contributed by atoms with van der Waals surface area (Å²) >= 11 is 0. The van der Waals surface area contributed by atoms with E-state index in [1.165, 1.54) is 20.1 Å². The van der Waals surface area contributed by atoms with Gasteiger partial charge < -0.3 is 20.5 Å². The first-order valence-corrected chi connectivity index (χ1v) is 6.28. The molecule has 1 aromatic carbocycles. The second kappa shape index (κ2) is 4.70. The Balaban J connectivity index is 2.70. The smallest absolute Gasteiger partial charge is 0.225 e. The number of benzene rings is 1. The van der Waals surface area contributed by atoms with E-state index >= 15 is 0 Å². The van der Waals surface area contributed by atoms with Crippen LogP contribution in [0, 0.1) is 0 Å². The first-order chi connectivity index (χ1) is 9.26. The van der Waals surface area contributed by atoms with Gasteiger partial charge in [-0.05, 0) is 0 Å². The fraction of sp³-hybridized carbons (Fsp3) is 0.429. The fourth-order valence-corrected chi connectivity index (χ4v) is 2.55. The van der Waals surface area contributed by atoms with Gasteiger partial charge in [0.05, 0.1) is 18.5 Å². The van der Waals surface area contributed by atoms with E-state index in [9.17, 15) is 14.7 Å². The summed E-state index contributed by atoms with van der Waals surface area (Å²) in [5.41, 5.74) is 0.752. The van der Waals surface area contributed by atoms with Gasteiger partial charge in [0.15, 0.2) is 0 Å². The minimum Gasteiger partial charge on any atom is -0.505 e. The van der Waals surface area contributed by atoms with E-state index in [4.69, 9.17) is 4.74 Å². The highest BCUT2D eigenvalue weighted by Gasteiger charge is 2.37. The van der Waals surface area contributed by atoms with Gasteiger partial charge in [-0.2, -0.15) is 0 Å². The molecule has 0 atom stereocenters. The van der Waals surface area contributed by atoms with Crippen molar-refractivity contribution in [3.05, 3.63) is 11.6 Å². The van der Waals surface area contributed by atoms with Gasteiger partial charge in [-0.25, -0.2) is 0 Å². The van der Waals surface area contributed by atoms with Crippen molar-refractivity contribution in [3.8, 4) is 11.5 Å². The highest BCUT2D eigenvalue weighted by Crippen LogP contribution is 2.50. The topological polar surface area (TPSA) is 87.7 Å². The van der Waals surface area contributed by atoms with E-state index in [1.807, 2.05) is 13.8 Å². The number of hydrogen-bond donors (Lipinski definition) is 3. The zero-order valence-corrected chi connectivity index (χ0v) is 12.0. The molecule has 0 spiro atoms. The Morgan fingerprint density at radius 2 is 2.15 bits per heavy atom. The predicted octanol–water partition coefficient (Wildman–Crippen LogP) is 1.98. The van der Waals surface area contributed by atoms with Crippen LogP contribution in [0.2, 0.25) is 0 Å². The molecule has 0 radical (unpaired) electrons. The standard InChI is InChI=1S/C14H18N2O4/c1-7(17)15-8-5-9(20-4)12-11(13(8)19)14(2,3)6-10(18)16-12/h5,19H,6H2,1-4H3,(H,15,17)(H,16,18). The normalized spacial score (nSPS) is 16.1. The quantitative estimate of drug-likeness (QED) is 0.722. The minimum atomic E-state index is -0.552. The zero-order chi connectivity index (χ0) is 15.1. The Morgan fingerprint density at radius 1 is 1.50 bits per heavy atom. The van der Waals surface area contributed by atoms with Gasteiger partial charge in [0.25, 0.3) is 0 Å². The van der Waals surface area contributed by atoms with Crippen LogP contribution >= 0.6 is 0 Å². The Kier molecular flexibility index (Phi) is 3.33. The summed E-state index contributed by atoms with van der Waals surface area (Å²) in [6.07, 6.45) is 0.250. The third-order valence-corrected chi connectivity index (χ3v) is 3.34. The van der Waals surface area contributed by atoms with Crippen molar-refractivity contribution in [3.63, 3.8) is 0 Å². The number of carbonyl (C=O) groups is 2. The van der Waals surface area contributed by atoms with Crippen molar-refractivity contribution in [2.24, 2.45) is 0 Å². The third kappa shape index (κ3) is 2.29. The summed E-state index contributed by atoms with van der Waals surface area (Å²) in [6.45, 7) is 5.08. The number of amides is 2. The monoisotopic (exact) mass is 278 g/mol. The van der Waals surface area contributed by atoms with Crippen molar-refractivity contribution in [1.29, 1.82) is 0 Å². The van der Waals surface area contributed by atoms with E-state index in [0.29, 0.717) is 17.0 Å². The Bertz CT molecular complexity index is 593. The van der Waals surface area contributed by atoms with Crippen molar-refractivity contribution in [2.45, 2.75) is 32.6 Å². The molecule has 0 aliphatic carbocycles. The summed E-state index contributed by atoms with van der Waals surface area (Å²) in [6, 6.07) is 1.50. The molecule has 0 saturated heterocycles. The maximum Gasteiger partial charge on any atom is 0.225 e. The molecule has 1 aliphatic heterocycles. The average Bonchev–Trinajstić information content (AvgIpc) is 2.30. The number of phenolic OH excluding ortho intramolecular Hbond substituents is 1. The number of carbonyl (C=O) groups excluding carboxylic acids is 2. The minimum absolute atomic E-state index is 0.0407. The van der Waals surface area contributed by atoms with Crippen LogP contribution in [0.4, 0.5) is 11.4 Å². The molecule has 2 rings (SSSR count). The second-order valence-corrected chi connectivity index (χ2v) is 5.52. The number of hydrogen-bond acceptors (Lipinski definition) is 4. The molecule has 0 aromatic heterocycles. The first kappa shape index (κ1) is 14.2. The summed E-state index contributed by atoms with van der Waals surface area (Å²) in [7, 11) is 1.47. The number of aromatic hydroxyl groups is 1. The average molecular weight is 278 g/mol. The zero-order valence-electron chi connectivity index (χ0n) is 12.0. The van der Waals surface area contributed by atoms with Crippen LogP contribution in [0.3, 0.4) is 0 Å². The van der Waals surface area contributed by atoms with Crippen molar-refractivity contribution < 1.29 is 19.4 Å². The van der Waals surface area contributed by atoms with Crippen LogP contribution in [-0.4, -0.2) is 24.0 Å². The van der Waals surface area contributed by atoms with E-state index in [0.717, 1.165) is 0 Å². The van der Waals surface area contributed by atoms with Crippen LogP contribution < -0.4 is 15.4 Å². The largest absolute Gasteiger partial charge is 0.505 e. The molecule has 3 N–H and O–H groups in total. The molecule has 1 aromatic rings. The van der Waals surface area contributed by atoms with Crippen LogP contribution in [-0.2, 0) is 15.0 Å². The Hall–Kier alpha value is -2.24. The van der Waals surface area contributed by atoms with E-state index in [1.54, 1.807) is 0 Å². The molecule has 6 heteroatoms. The van der Waals surface area contributed by atoms with Gasteiger partial charge in [0, 0.05) is 30.4 Å². The van der Waals surface area contributed by atoms with Crippen molar-refractivity contribution >= 4 is 23.2 Å². The van der Waals surface area contributed by atoms with Crippen molar-refractivity contribution in [2.75, 3.05) is 17.7 Å². The molecule has 1 aliphatic rings. The highest BCUT2D eigenvalue weighted by molar-refractivity contribution is 6.00. The predicted molar refractivity (Wildman–Crippen MR) is 75.2 cm³/mol. The number of fused-ring (bicyclic) bond motifs is 1. The highest BCUT2D eigenvalue weighted by atomic mass is 16.5. The van der Waals surface area contributed by atoms with Gasteiger partial charge in [0.1, 0.15) is 11.5 Å². The number of ether oxygens (including phenoxy) is 1. The number of rotatable bonds is 2. The third-order valence-electron chi connectivity index (χ3n) is 3.34. The first-order valence-electron chi connectivity index (χ1n) is 6.28. The van der Waals surface area contributed by atoms with Crippen LogP contribution in [0.15, 0.2) is 6.07 Å². The lowest BCUT2D eigenvalue weighted by Gasteiger charge is -2.34. The van der Waals surface area contributed by atoms with E-state index < -0.39 is 5.41 Å². The molecule has 108 valence electrons. The molecule has 20 heavy (non-hydrogen) atoms. The molecule has 1 heterocycles. The summed E-state index contributed by atoms with van der Waals surface area (Å²) in [5, 5.41) is 15.7. The van der Waals surface area contributed by atoms with Gasteiger partial charge in [0.2, 0.25) is 11.8 Å². The summed E-state index contributed by atoms with van der Waals surface area (Å²) in [5.74, 6) is -0.0592. The molecular weight excluding hydrogens is 260 g/mol. The number of methoxy groups -OCH3 is 1. The van der Waals surface area contributed by atoms with Gasteiger partial charge in [-0.15, -0.1) is 0 Å². The Labute approximate surface area is 117 Å². The molecule has 6 nitrogen and oxygen atoms in total. The number of nitrogens with one attached hydrogen (secondary N) is 2. The molecule has 0 fully saturated rings. The molecule has 0 unspecified atom stereocenters. The van der Waals surface area contributed by atoms with Crippen LogP contribution in [0.1, 0.15) is 32.8 Å². The SMILES string of the molecule is COc1cc(NC(C)=O)c(O)c2c1NC(=O)CC2(C)C. The second-order valence-electron chi connectivity index (χ2n) is 5.52. The summed E-state index contributed by atoms with van der Waals surface area (Å²) < 4.78 is 5.25. The molecule has 0 saturated carbocycles. The van der Waals surface area contributed by atoms with E-state index in [2.05, 4.69) is 10.6 Å². The van der Waals surface area contributed by atoms with Crippen molar-refractivity contribution in [1.82, 2.24) is 0 Å². The number of phenols is 1. The molecule has 0 bridgehead atoms. The van der Waals surface area contributed by atoms with E-state index in [-0.39, 0.29) is 29.7 Å². The maximum atomic E-state index is 11.8. The van der Waals surface area contributed by atoms with Gasteiger partial charge in [-0.3, -0.25) is 9.59 Å². The number of anilines is 2. The summed E-state index contributed by atoms with van der Waals surface area (Å²) in [4.78, 5) is 23.0. The lowest BCUT2D eigenvalue weighted by Crippen LogP contribution is -2.33. The molecule has 2 amide bonds. The lowest BCUT2D eigenvalue weighted by atomic mass is 9.77. The van der Waals surface area contributed by atoms with Crippen LogP contribution in [0.25, 0.3) is 0 Å². The lowest BCUT2D eigenvalue weighted by molar-refractivity contribution is -0.117. The van der Waals surface area contributed by atoms with Gasteiger partial charge >= 0.3 is 0 Å². The molecular formula is C14H18N2O4. The maximum absolute atomic E-state index is 11.8.